The Labute approximate surface area is 117 Å². The molecule has 1 aromatic carbocycles. The third kappa shape index (κ3) is 3.47. The topological polar surface area (TPSA) is 12.0 Å². The summed E-state index contributed by atoms with van der Waals surface area (Å²) < 4.78 is 14.6. The molecule has 0 aliphatic heterocycles. The molecule has 0 heterocycles. The predicted molar refractivity (Wildman–Crippen MR) is 78.4 cm³/mol. The Morgan fingerprint density at radius 1 is 1.28 bits per heavy atom. The zero-order chi connectivity index (χ0) is 13.2. The molecule has 0 aromatic heterocycles. The normalized spacial score (nSPS) is 23.4. The van der Waals surface area contributed by atoms with E-state index in [0.717, 1.165) is 17.3 Å². The maximum absolute atomic E-state index is 13.8. The van der Waals surface area contributed by atoms with E-state index in [1.54, 1.807) is 6.07 Å². The molecule has 1 saturated carbocycles. The first-order valence-electron chi connectivity index (χ1n) is 6.68. The van der Waals surface area contributed by atoms with Gasteiger partial charge in [-0.05, 0) is 59.2 Å². The highest BCUT2D eigenvalue weighted by atomic mass is 79.9. The summed E-state index contributed by atoms with van der Waals surface area (Å²) in [7, 11) is 0. The van der Waals surface area contributed by atoms with Crippen molar-refractivity contribution in [2.45, 2.75) is 52.0 Å². The number of anilines is 1. The maximum atomic E-state index is 13.8. The van der Waals surface area contributed by atoms with E-state index in [0.29, 0.717) is 17.1 Å². The molecule has 100 valence electrons. The second-order valence-corrected chi connectivity index (χ2v) is 6.89. The van der Waals surface area contributed by atoms with Crippen molar-refractivity contribution in [2.24, 2.45) is 5.41 Å². The van der Waals surface area contributed by atoms with Gasteiger partial charge in [0, 0.05) is 10.5 Å². The smallest absolute Gasteiger partial charge is 0.147 e. The van der Waals surface area contributed by atoms with Gasteiger partial charge in [0.1, 0.15) is 5.82 Å². The number of hydrogen-bond acceptors (Lipinski definition) is 1. The summed E-state index contributed by atoms with van der Waals surface area (Å²) in [4.78, 5) is 0. The lowest BCUT2D eigenvalue weighted by atomic mass is 9.85. The Morgan fingerprint density at radius 2 is 2.06 bits per heavy atom. The van der Waals surface area contributed by atoms with Crippen LogP contribution in [0.2, 0.25) is 0 Å². The van der Waals surface area contributed by atoms with Crippen molar-refractivity contribution in [3.8, 4) is 0 Å². The van der Waals surface area contributed by atoms with Crippen molar-refractivity contribution < 1.29 is 4.39 Å². The number of hydrogen-bond donors (Lipinski definition) is 1. The molecule has 0 bridgehead atoms. The molecule has 0 radical (unpaired) electrons. The Balaban J connectivity index is 2.05. The van der Waals surface area contributed by atoms with Gasteiger partial charge >= 0.3 is 0 Å². The van der Waals surface area contributed by atoms with Gasteiger partial charge in [-0.15, -0.1) is 0 Å². The number of para-hydroxylation sites is 1. The van der Waals surface area contributed by atoms with Gasteiger partial charge in [0.2, 0.25) is 0 Å². The minimum atomic E-state index is -0.173. The van der Waals surface area contributed by atoms with Gasteiger partial charge in [-0.25, -0.2) is 4.39 Å². The lowest BCUT2D eigenvalue weighted by molar-refractivity contribution is 0.313. The van der Waals surface area contributed by atoms with Gasteiger partial charge in [0.05, 0.1) is 5.69 Å². The summed E-state index contributed by atoms with van der Waals surface area (Å²) in [6.07, 6.45) is 5.94. The van der Waals surface area contributed by atoms with Crippen LogP contribution in [0.3, 0.4) is 0 Å². The summed E-state index contributed by atoms with van der Waals surface area (Å²) in [5.41, 5.74) is 1.05. The Kier molecular flexibility index (Phi) is 4.31. The van der Waals surface area contributed by atoms with Gasteiger partial charge < -0.3 is 5.32 Å². The Morgan fingerprint density at radius 3 is 2.78 bits per heavy atom. The first kappa shape index (κ1) is 13.9. The van der Waals surface area contributed by atoms with Crippen LogP contribution in [-0.2, 0) is 0 Å². The predicted octanol–water partition coefficient (Wildman–Crippen LogP) is 5.36. The molecule has 0 amide bonds. The first-order chi connectivity index (χ1) is 8.48. The van der Waals surface area contributed by atoms with Gasteiger partial charge in [0.15, 0.2) is 0 Å². The van der Waals surface area contributed by atoms with E-state index in [2.05, 4.69) is 35.1 Å². The molecule has 1 N–H and O–H groups in total. The van der Waals surface area contributed by atoms with Crippen LogP contribution in [-0.4, -0.2) is 6.04 Å². The average Bonchev–Trinajstić information content (AvgIpc) is 2.46. The minimum Gasteiger partial charge on any atom is -0.379 e. The van der Waals surface area contributed by atoms with Crippen LogP contribution in [0.1, 0.15) is 46.0 Å². The van der Waals surface area contributed by atoms with Gasteiger partial charge in [0.25, 0.3) is 0 Å². The van der Waals surface area contributed by atoms with Crippen molar-refractivity contribution in [3.63, 3.8) is 0 Å². The van der Waals surface area contributed by atoms with Crippen LogP contribution in [0.4, 0.5) is 10.1 Å². The van der Waals surface area contributed by atoms with Crippen molar-refractivity contribution >= 4 is 21.6 Å². The van der Waals surface area contributed by atoms with Crippen LogP contribution in [0, 0.1) is 11.2 Å². The van der Waals surface area contributed by atoms with Crippen LogP contribution in [0.25, 0.3) is 0 Å². The van der Waals surface area contributed by atoms with E-state index < -0.39 is 0 Å². The van der Waals surface area contributed by atoms with Gasteiger partial charge in [-0.2, -0.15) is 0 Å². The second kappa shape index (κ2) is 5.60. The molecule has 1 aromatic rings. The Bertz CT molecular complexity index is 397. The summed E-state index contributed by atoms with van der Waals surface area (Å²) in [5.74, 6) is -0.173. The molecule has 1 aliphatic carbocycles. The van der Waals surface area contributed by atoms with E-state index in [1.165, 1.54) is 25.3 Å². The van der Waals surface area contributed by atoms with Gasteiger partial charge in [-0.1, -0.05) is 26.3 Å². The monoisotopic (exact) mass is 313 g/mol. The minimum absolute atomic E-state index is 0.173. The summed E-state index contributed by atoms with van der Waals surface area (Å²) in [5, 5.41) is 3.37. The molecule has 1 fully saturated rings. The van der Waals surface area contributed by atoms with Crippen molar-refractivity contribution in [3.05, 3.63) is 28.5 Å². The van der Waals surface area contributed by atoms with Crippen molar-refractivity contribution in [1.82, 2.24) is 0 Å². The highest BCUT2D eigenvalue weighted by Gasteiger charge is 2.24. The highest BCUT2D eigenvalue weighted by Crippen LogP contribution is 2.35. The molecule has 3 heteroatoms. The van der Waals surface area contributed by atoms with Crippen molar-refractivity contribution in [2.75, 3.05) is 5.32 Å². The van der Waals surface area contributed by atoms with E-state index >= 15 is 0 Å². The largest absolute Gasteiger partial charge is 0.379 e. The van der Waals surface area contributed by atoms with E-state index in [-0.39, 0.29) is 5.82 Å². The van der Waals surface area contributed by atoms with Crippen LogP contribution >= 0.6 is 15.9 Å². The number of rotatable bonds is 2. The fourth-order valence-corrected chi connectivity index (χ4v) is 3.10. The van der Waals surface area contributed by atoms with Crippen LogP contribution in [0.5, 0.6) is 0 Å². The number of benzene rings is 1. The van der Waals surface area contributed by atoms with Crippen LogP contribution < -0.4 is 5.32 Å². The first-order valence-corrected chi connectivity index (χ1v) is 7.48. The summed E-state index contributed by atoms with van der Waals surface area (Å²) in [6, 6.07) is 5.50. The number of halogens is 2. The highest BCUT2D eigenvalue weighted by molar-refractivity contribution is 9.10. The molecular formula is C15H21BrFN. The molecule has 1 aliphatic rings. The molecule has 1 nitrogen and oxygen atoms in total. The van der Waals surface area contributed by atoms with Crippen molar-refractivity contribution in [1.29, 1.82) is 0 Å². The standard InChI is InChI=1S/C15H21BrFN/c1-15(2)9-4-5-11(8-10-15)18-14-12(16)6-3-7-13(14)17/h3,6-7,11,18H,4-5,8-10H2,1-2H3. The van der Waals surface area contributed by atoms with E-state index in [9.17, 15) is 4.39 Å². The average molecular weight is 314 g/mol. The zero-order valence-electron chi connectivity index (χ0n) is 11.1. The maximum Gasteiger partial charge on any atom is 0.147 e. The summed E-state index contributed by atoms with van der Waals surface area (Å²) >= 11 is 3.41. The van der Waals surface area contributed by atoms with E-state index in [4.69, 9.17) is 0 Å². The molecule has 18 heavy (non-hydrogen) atoms. The lowest BCUT2D eigenvalue weighted by Gasteiger charge is -2.22. The molecule has 2 rings (SSSR count). The fourth-order valence-electron chi connectivity index (χ4n) is 2.65. The summed E-state index contributed by atoms with van der Waals surface area (Å²) in [6.45, 7) is 4.66. The molecule has 0 saturated heterocycles. The molecular weight excluding hydrogens is 293 g/mol. The lowest BCUT2D eigenvalue weighted by Crippen LogP contribution is -2.20. The van der Waals surface area contributed by atoms with Crippen LogP contribution in [0.15, 0.2) is 22.7 Å². The van der Waals surface area contributed by atoms with E-state index in [1.807, 2.05) is 6.07 Å². The molecule has 1 atom stereocenters. The quantitative estimate of drug-likeness (QED) is 0.725. The molecule has 1 unspecified atom stereocenters. The number of nitrogens with one attached hydrogen (secondary N) is 1. The third-order valence-corrected chi connectivity index (χ3v) is 4.55. The fraction of sp³-hybridized carbons (Fsp3) is 0.600. The third-order valence-electron chi connectivity index (χ3n) is 3.89. The zero-order valence-corrected chi connectivity index (χ0v) is 12.7. The second-order valence-electron chi connectivity index (χ2n) is 6.03. The molecule has 0 spiro atoms. The SMILES string of the molecule is CC1(C)CCCC(Nc2c(F)cccc2Br)CC1. The Hall–Kier alpha value is -0.570. The van der Waals surface area contributed by atoms with Gasteiger partial charge in [-0.3, -0.25) is 0 Å².